The topological polar surface area (TPSA) is 37.3 Å². The Morgan fingerprint density at radius 2 is 2.17 bits per heavy atom. The molecule has 70 valence electrons. The minimum absolute atomic E-state index is 0.185. The minimum atomic E-state index is -0.734. The van der Waals surface area contributed by atoms with E-state index < -0.39 is 5.60 Å². The highest BCUT2D eigenvalue weighted by Gasteiger charge is 2.35. The molecule has 1 aliphatic carbocycles. The molecule has 0 radical (unpaired) electrons. The lowest BCUT2D eigenvalue weighted by molar-refractivity contribution is -0.133. The number of hydrogen-bond acceptors (Lipinski definition) is 2. The van der Waals surface area contributed by atoms with Gasteiger partial charge >= 0.3 is 0 Å². The van der Waals surface area contributed by atoms with Crippen LogP contribution in [0.4, 0.5) is 0 Å². The number of carbonyl (C=O) groups is 1. The van der Waals surface area contributed by atoms with E-state index in [-0.39, 0.29) is 11.7 Å². The Morgan fingerprint density at radius 3 is 2.58 bits per heavy atom. The maximum absolute atomic E-state index is 11.5. The van der Waals surface area contributed by atoms with Gasteiger partial charge in [-0.2, -0.15) is 0 Å². The Labute approximate surface area is 74.0 Å². The summed E-state index contributed by atoms with van der Waals surface area (Å²) in [5.74, 6) is 0.847. The van der Waals surface area contributed by atoms with Gasteiger partial charge in [-0.15, -0.1) is 0 Å². The fraction of sp³-hybridized carbons (Fsp3) is 0.900. The molecule has 2 heteroatoms. The number of hydrogen-bond donors (Lipinski definition) is 1. The molecule has 1 unspecified atom stereocenters. The quantitative estimate of drug-likeness (QED) is 0.651. The second-order valence-electron chi connectivity index (χ2n) is 4.53. The van der Waals surface area contributed by atoms with Crippen LogP contribution in [0.3, 0.4) is 0 Å². The maximum atomic E-state index is 11.5. The monoisotopic (exact) mass is 170 g/mol. The van der Waals surface area contributed by atoms with E-state index in [2.05, 4.69) is 13.8 Å². The van der Waals surface area contributed by atoms with Gasteiger partial charge in [0.1, 0.15) is 5.78 Å². The van der Waals surface area contributed by atoms with Gasteiger partial charge in [-0.1, -0.05) is 13.8 Å². The molecule has 0 spiro atoms. The molecule has 2 atom stereocenters. The summed E-state index contributed by atoms with van der Waals surface area (Å²) in [5.41, 5.74) is -0.734. The standard InChI is InChI=1S/C10H18O2/c1-7(2)8-4-5-10(3,12)6-9(8)11/h7-8,12H,4-6H2,1-3H3/t8-,10?/m1/s1. The van der Waals surface area contributed by atoms with Gasteiger partial charge in [0.15, 0.2) is 0 Å². The highest BCUT2D eigenvalue weighted by atomic mass is 16.3. The van der Waals surface area contributed by atoms with Gasteiger partial charge in [-0.3, -0.25) is 4.79 Å². The molecule has 1 saturated carbocycles. The molecule has 1 N–H and O–H groups in total. The van der Waals surface area contributed by atoms with Crippen LogP contribution in [0.25, 0.3) is 0 Å². The molecular weight excluding hydrogens is 152 g/mol. The predicted molar refractivity (Wildman–Crippen MR) is 47.8 cm³/mol. The van der Waals surface area contributed by atoms with Crippen LogP contribution in [0.1, 0.15) is 40.0 Å². The van der Waals surface area contributed by atoms with Gasteiger partial charge in [0.05, 0.1) is 5.60 Å². The first kappa shape index (κ1) is 9.72. The summed E-state index contributed by atoms with van der Waals surface area (Å²) < 4.78 is 0. The van der Waals surface area contributed by atoms with Gasteiger partial charge in [0.2, 0.25) is 0 Å². The smallest absolute Gasteiger partial charge is 0.139 e. The average Bonchev–Trinajstić information content (AvgIpc) is 1.83. The molecule has 1 aliphatic rings. The van der Waals surface area contributed by atoms with Gasteiger partial charge in [-0.05, 0) is 25.7 Å². The van der Waals surface area contributed by atoms with Gasteiger partial charge < -0.3 is 5.11 Å². The van der Waals surface area contributed by atoms with Crippen LogP contribution in [0, 0.1) is 11.8 Å². The molecule has 0 aliphatic heterocycles. The van der Waals surface area contributed by atoms with Gasteiger partial charge in [-0.25, -0.2) is 0 Å². The Hall–Kier alpha value is -0.370. The molecule has 0 aromatic carbocycles. The Morgan fingerprint density at radius 1 is 1.58 bits per heavy atom. The van der Waals surface area contributed by atoms with Crippen molar-refractivity contribution >= 4 is 5.78 Å². The van der Waals surface area contributed by atoms with Crippen molar-refractivity contribution < 1.29 is 9.90 Å². The van der Waals surface area contributed by atoms with E-state index in [0.29, 0.717) is 12.3 Å². The Bertz CT molecular complexity index is 182. The van der Waals surface area contributed by atoms with Crippen LogP contribution in [0.5, 0.6) is 0 Å². The summed E-state index contributed by atoms with van der Waals surface area (Å²) in [6.07, 6.45) is 1.96. The van der Waals surface area contributed by atoms with Crippen LogP contribution >= 0.6 is 0 Å². The summed E-state index contributed by atoms with van der Waals surface area (Å²) in [6.45, 7) is 5.90. The first-order valence-corrected chi connectivity index (χ1v) is 4.67. The lowest BCUT2D eigenvalue weighted by atomic mass is 9.74. The summed E-state index contributed by atoms with van der Waals surface area (Å²) in [6, 6.07) is 0. The number of aliphatic hydroxyl groups is 1. The highest BCUT2D eigenvalue weighted by Crippen LogP contribution is 2.32. The predicted octanol–water partition coefficient (Wildman–Crippen LogP) is 1.76. The summed E-state index contributed by atoms with van der Waals surface area (Å²) >= 11 is 0. The van der Waals surface area contributed by atoms with Crippen molar-refractivity contribution in [2.45, 2.75) is 45.6 Å². The molecule has 0 aromatic rings. The highest BCUT2D eigenvalue weighted by molar-refractivity contribution is 5.83. The Kier molecular flexibility index (Phi) is 2.57. The van der Waals surface area contributed by atoms with E-state index in [1.165, 1.54) is 0 Å². The summed E-state index contributed by atoms with van der Waals surface area (Å²) in [4.78, 5) is 11.5. The van der Waals surface area contributed by atoms with Crippen molar-refractivity contribution in [3.05, 3.63) is 0 Å². The molecule has 1 fully saturated rings. The van der Waals surface area contributed by atoms with E-state index in [1.807, 2.05) is 0 Å². The normalized spacial score (nSPS) is 37.4. The molecular formula is C10H18O2. The largest absolute Gasteiger partial charge is 0.390 e. The van der Waals surface area contributed by atoms with E-state index in [4.69, 9.17) is 0 Å². The van der Waals surface area contributed by atoms with E-state index in [9.17, 15) is 9.90 Å². The van der Waals surface area contributed by atoms with Crippen LogP contribution in [-0.2, 0) is 4.79 Å². The molecule has 0 amide bonds. The lowest BCUT2D eigenvalue weighted by Gasteiger charge is -2.33. The minimum Gasteiger partial charge on any atom is -0.390 e. The lowest BCUT2D eigenvalue weighted by Crippen LogP contribution is -2.38. The molecule has 0 heterocycles. The fourth-order valence-electron chi connectivity index (χ4n) is 1.93. The zero-order valence-corrected chi connectivity index (χ0v) is 8.13. The molecule has 0 bridgehead atoms. The van der Waals surface area contributed by atoms with E-state index >= 15 is 0 Å². The second kappa shape index (κ2) is 3.17. The molecule has 2 nitrogen and oxygen atoms in total. The third kappa shape index (κ3) is 2.07. The maximum Gasteiger partial charge on any atom is 0.139 e. The summed E-state index contributed by atoms with van der Waals surface area (Å²) in [7, 11) is 0. The third-order valence-corrected chi connectivity index (χ3v) is 2.77. The molecule has 0 saturated heterocycles. The molecule has 1 rings (SSSR count). The van der Waals surface area contributed by atoms with Crippen molar-refractivity contribution in [2.24, 2.45) is 11.8 Å². The number of rotatable bonds is 1. The van der Waals surface area contributed by atoms with Crippen molar-refractivity contribution in [3.63, 3.8) is 0 Å². The SMILES string of the molecule is CC(C)[C@H]1CCC(C)(O)CC1=O. The molecule has 0 aromatic heterocycles. The van der Waals surface area contributed by atoms with E-state index in [0.717, 1.165) is 12.8 Å². The van der Waals surface area contributed by atoms with Gasteiger partial charge in [0.25, 0.3) is 0 Å². The van der Waals surface area contributed by atoms with Gasteiger partial charge in [0, 0.05) is 12.3 Å². The van der Waals surface area contributed by atoms with Crippen LogP contribution < -0.4 is 0 Å². The third-order valence-electron chi connectivity index (χ3n) is 2.77. The number of Topliss-reactive ketones (excluding diaryl/α,β-unsaturated/α-hetero) is 1. The van der Waals surface area contributed by atoms with E-state index in [1.54, 1.807) is 6.92 Å². The average molecular weight is 170 g/mol. The Balaban J connectivity index is 2.60. The van der Waals surface area contributed by atoms with Crippen LogP contribution in [0.2, 0.25) is 0 Å². The number of ketones is 1. The first-order valence-electron chi connectivity index (χ1n) is 4.67. The molecule has 12 heavy (non-hydrogen) atoms. The van der Waals surface area contributed by atoms with Crippen molar-refractivity contribution in [3.8, 4) is 0 Å². The summed E-state index contributed by atoms with van der Waals surface area (Å²) in [5, 5.41) is 9.62. The first-order chi connectivity index (χ1) is 5.42. The van der Waals surface area contributed by atoms with Crippen molar-refractivity contribution in [1.82, 2.24) is 0 Å². The van der Waals surface area contributed by atoms with Crippen LogP contribution in [0.15, 0.2) is 0 Å². The number of carbonyl (C=O) groups excluding carboxylic acids is 1. The second-order valence-corrected chi connectivity index (χ2v) is 4.53. The zero-order valence-electron chi connectivity index (χ0n) is 8.13. The van der Waals surface area contributed by atoms with Crippen molar-refractivity contribution in [1.29, 1.82) is 0 Å². The zero-order chi connectivity index (χ0) is 9.35. The van der Waals surface area contributed by atoms with Crippen LogP contribution in [-0.4, -0.2) is 16.5 Å². The fourth-order valence-corrected chi connectivity index (χ4v) is 1.93. The van der Waals surface area contributed by atoms with Crippen molar-refractivity contribution in [2.75, 3.05) is 0 Å².